The van der Waals surface area contributed by atoms with Crippen molar-refractivity contribution in [1.29, 1.82) is 0 Å². The molecule has 0 saturated heterocycles. The smallest absolute Gasteiger partial charge is 0.197 e. The lowest BCUT2D eigenvalue weighted by Crippen LogP contribution is -2.05. The molecule has 0 radical (unpaired) electrons. The number of H-pyrrole nitrogens is 1. The third-order valence-corrected chi connectivity index (χ3v) is 3.85. The van der Waals surface area contributed by atoms with E-state index in [9.17, 15) is 4.79 Å². The molecular weight excluding hydrogens is 246 g/mol. The van der Waals surface area contributed by atoms with E-state index < -0.39 is 0 Å². The molecule has 0 saturated carbocycles. The van der Waals surface area contributed by atoms with Gasteiger partial charge in [-0.05, 0) is 35.9 Å². The first kappa shape index (κ1) is 11.2. The van der Waals surface area contributed by atoms with Crippen molar-refractivity contribution in [2.75, 3.05) is 0 Å². The van der Waals surface area contributed by atoms with Crippen molar-refractivity contribution in [2.45, 2.75) is 6.92 Å². The Balaban J connectivity index is 2.34. The van der Waals surface area contributed by atoms with Gasteiger partial charge in [0.2, 0.25) is 0 Å². The van der Waals surface area contributed by atoms with Gasteiger partial charge >= 0.3 is 0 Å². The van der Waals surface area contributed by atoms with E-state index in [4.69, 9.17) is 0 Å². The van der Waals surface area contributed by atoms with Crippen molar-refractivity contribution in [3.63, 3.8) is 0 Å². The van der Waals surface area contributed by atoms with Crippen LogP contribution in [0.1, 0.15) is 5.56 Å². The summed E-state index contributed by atoms with van der Waals surface area (Å²) in [6.07, 6.45) is 0. The highest BCUT2D eigenvalue weighted by atomic mass is 16.1. The van der Waals surface area contributed by atoms with Gasteiger partial charge in [-0.3, -0.25) is 4.79 Å². The van der Waals surface area contributed by atoms with Crippen LogP contribution in [0.3, 0.4) is 0 Å². The molecule has 0 aliphatic carbocycles. The number of hydrogen-bond donors (Lipinski definition) is 1. The fourth-order valence-electron chi connectivity index (χ4n) is 2.86. The SMILES string of the molecule is Cc1ccc2[nH]c3ccc4ccccc4c3c(=O)c2c1. The first-order valence-corrected chi connectivity index (χ1v) is 6.68. The summed E-state index contributed by atoms with van der Waals surface area (Å²) in [5, 5.41) is 3.64. The number of rotatable bonds is 0. The first-order chi connectivity index (χ1) is 9.74. The number of fused-ring (bicyclic) bond motifs is 4. The van der Waals surface area contributed by atoms with Crippen LogP contribution in [0.5, 0.6) is 0 Å². The number of aromatic amines is 1. The molecule has 0 atom stereocenters. The first-order valence-electron chi connectivity index (χ1n) is 6.68. The molecule has 3 aromatic carbocycles. The fourth-order valence-corrected chi connectivity index (χ4v) is 2.86. The molecule has 1 N–H and O–H groups in total. The van der Waals surface area contributed by atoms with Crippen LogP contribution >= 0.6 is 0 Å². The Labute approximate surface area is 115 Å². The summed E-state index contributed by atoms with van der Waals surface area (Å²) in [6, 6.07) is 18.0. The largest absolute Gasteiger partial charge is 0.354 e. The normalized spacial score (nSPS) is 11.4. The number of pyridine rings is 1. The number of hydrogen-bond acceptors (Lipinski definition) is 1. The Morgan fingerprint density at radius 2 is 1.65 bits per heavy atom. The molecule has 0 unspecified atom stereocenters. The number of aromatic nitrogens is 1. The van der Waals surface area contributed by atoms with Gasteiger partial charge in [0.1, 0.15) is 0 Å². The highest BCUT2D eigenvalue weighted by Crippen LogP contribution is 2.23. The monoisotopic (exact) mass is 259 g/mol. The molecule has 4 rings (SSSR count). The summed E-state index contributed by atoms with van der Waals surface area (Å²) in [5.41, 5.74) is 2.99. The molecule has 0 fully saturated rings. The van der Waals surface area contributed by atoms with Crippen LogP contribution in [0.2, 0.25) is 0 Å². The zero-order valence-electron chi connectivity index (χ0n) is 11.1. The van der Waals surface area contributed by atoms with Crippen molar-refractivity contribution in [1.82, 2.24) is 4.98 Å². The fraction of sp³-hybridized carbons (Fsp3) is 0.0556. The predicted octanol–water partition coefficient (Wildman–Crippen LogP) is 4.14. The Hall–Kier alpha value is -2.61. The van der Waals surface area contributed by atoms with E-state index in [-0.39, 0.29) is 5.43 Å². The third-order valence-electron chi connectivity index (χ3n) is 3.85. The van der Waals surface area contributed by atoms with Crippen LogP contribution in [-0.4, -0.2) is 4.98 Å². The molecule has 1 heterocycles. The van der Waals surface area contributed by atoms with E-state index in [2.05, 4.69) is 4.98 Å². The summed E-state index contributed by atoms with van der Waals surface area (Å²) in [4.78, 5) is 16.2. The average Bonchev–Trinajstić information content (AvgIpc) is 2.48. The van der Waals surface area contributed by atoms with Crippen molar-refractivity contribution in [2.24, 2.45) is 0 Å². The molecule has 0 aliphatic heterocycles. The van der Waals surface area contributed by atoms with Gasteiger partial charge in [-0.2, -0.15) is 0 Å². The van der Waals surface area contributed by atoms with Crippen LogP contribution in [-0.2, 0) is 0 Å². The van der Waals surface area contributed by atoms with E-state index in [1.54, 1.807) is 0 Å². The van der Waals surface area contributed by atoms with E-state index in [1.165, 1.54) is 0 Å². The second-order valence-electron chi connectivity index (χ2n) is 5.21. The molecule has 4 aromatic rings. The maximum atomic E-state index is 12.8. The van der Waals surface area contributed by atoms with E-state index in [0.29, 0.717) is 0 Å². The molecule has 20 heavy (non-hydrogen) atoms. The molecule has 1 aromatic heterocycles. The van der Waals surface area contributed by atoms with Crippen LogP contribution in [0.4, 0.5) is 0 Å². The van der Waals surface area contributed by atoms with E-state index in [1.807, 2.05) is 61.5 Å². The Morgan fingerprint density at radius 3 is 2.55 bits per heavy atom. The van der Waals surface area contributed by atoms with Crippen molar-refractivity contribution >= 4 is 32.6 Å². The van der Waals surface area contributed by atoms with Gasteiger partial charge in [-0.1, -0.05) is 42.0 Å². The van der Waals surface area contributed by atoms with E-state index in [0.717, 1.165) is 38.1 Å². The molecule has 96 valence electrons. The summed E-state index contributed by atoms with van der Waals surface area (Å²) in [7, 11) is 0. The van der Waals surface area contributed by atoms with Gasteiger partial charge in [0.15, 0.2) is 5.43 Å². The Kier molecular flexibility index (Phi) is 2.21. The molecule has 2 heteroatoms. The number of nitrogens with one attached hydrogen (secondary N) is 1. The van der Waals surface area contributed by atoms with Gasteiger partial charge < -0.3 is 4.98 Å². The van der Waals surface area contributed by atoms with Crippen molar-refractivity contribution in [3.05, 3.63) is 70.4 Å². The minimum Gasteiger partial charge on any atom is -0.354 e. The molecule has 0 aliphatic rings. The molecule has 0 bridgehead atoms. The van der Waals surface area contributed by atoms with E-state index >= 15 is 0 Å². The minimum atomic E-state index is 0.106. The zero-order valence-corrected chi connectivity index (χ0v) is 11.1. The summed E-state index contributed by atoms with van der Waals surface area (Å²) < 4.78 is 0. The highest BCUT2D eigenvalue weighted by molar-refractivity contribution is 6.09. The van der Waals surface area contributed by atoms with Gasteiger partial charge in [0.25, 0.3) is 0 Å². The van der Waals surface area contributed by atoms with Crippen LogP contribution < -0.4 is 5.43 Å². The lowest BCUT2D eigenvalue weighted by atomic mass is 10.0. The van der Waals surface area contributed by atoms with Gasteiger partial charge in [0.05, 0.1) is 10.9 Å². The highest BCUT2D eigenvalue weighted by Gasteiger charge is 2.08. The standard InChI is InChI=1S/C18H13NO/c1-11-6-8-15-14(10-11)18(20)17-13-5-3-2-4-12(13)7-9-16(17)19-15/h2-10H,1H3,(H,19,20). The quantitative estimate of drug-likeness (QED) is 0.373. The van der Waals surface area contributed by atoms with Gasteiger partial charge in [-0.15, -0.1) is 0 Å². The van der Waals surface area contributed by atoms with Crippen molar-refractivity contribution < 1.29 is 0 Å². The lowest BCUT2D eigenvalue weighted by Gasteiger charge is -2.06. The molecular formula is C18H13NO. The maximum absolute atomic E-state index is 12.8. The lowest BCUT2D eigenvalue weighted by molar-refractivity contribution is 1.44. The van der Waals surface area contributed by atoms with Crippen LogP contribution in [0.15, 0.2) is 59.4 Å². The maximum Gasteiger partial charge on any atom is 0.197 e. The second-order valence-corrected chi connectivity index (χ2v) is 5.21. The summed E-state index contributed by atoms with van der Waals surface area (Å²) in [5.74, 6) is 0. The third kappa shape index (κ3) is 1.48. The van der Waals surface area contributed by atoms with Crippen LogP contribution in [0.25, 0.3) is 32.6 Å². The van der Waals surface area contributed by atoms with Gasteiger partial charge in [0, 0.05) is 10.9 Å². The average molecular weight is 259 g/mol. The van der Waals surface area contributed by atoms with Crippen molar-refractivity contribution in [3.8, 4) is 0 Å². The number of benzene rings is 3. The molecule has 0 amide bonds. The topological polar surface area (TPSA) is 32.9 Å². The summed E-state index contributed by atoms with van der Waals surface area (Å²) in [6.45, 7) is 2.01. The Morgan fingerprint density at radius 1 is 0.850 bits per heavy atom. The predicted molar refractivity (Wildman–Crippen MR) is 84.3 cm³/mol. The zero-order chi connectivity index (χ0) is 13.7. The van der Waals surface area contributed by atoms with Crippen LogP contribution in [0, 0.1) is 6.92 Å². The second kappa shape index (κ2) is 3.94. The Bertz CT molecular complexity index is 1030. The molecule has 2 nitrogen and oxygen atoms in total. The molecule has 0 spiro atoms. The number of aryl methyl sites for hydroxylation is 1. The minimum absolute atomic E-state index is 0.106. The van der Waals surface area contributed by atoms with Gasteiger partial charge in [-0.25, -0.2) is 0 Å². The summed E-state index contributed by atoms with van der Waals surface area (Å²) >= 11 is 0.